The molecule has 0 fully saturated rings. The molecule has 0 radical (unpaired) electrons. The Balaban J connectivity index is 2.68. The van der Waals surface area contributed by atoms with Crippen LogP contribution in [-0.2, 0) is 5.88 Å². The van der Waals surface area contributed by atoms with Gasteiger partial charge >= 0.3 is 0 Å². The fraction of sp³-hybridized carbons (Fsp3) is 0.583. The molecule has 0 saturated heterocycles. The molecule has 0 N–H and O–H groups in total. The van der Waals surface area contributed by atoms with Crippen LogP contribution in [0.4, 0.5) is 5.69 Å². The summed E-state index contributed by atoms with van der Waals surface area (Å²) in [6.45, 7) is 5.52. The minimum atomic E-state index is 0.546. The molecule has 0 atom stereocenters. The van der Waals surface area contributed by atoms with Crippen molar-refractivity contribution in [3.63, 3.8) is 0 Å². The molecule has 3 heteroatoms. The number of alkyl halides is 1. The van der Waals surface area contributed by atoms with E-state index >= 15 is 0 Å². The van der Waals surface area contributed by atoms with Gasteiger partial charge in [-0.3, -0.25) is 4.98 Å². The molecule has 1 rings (SSSR count). The Morgan fingerprint density at radius 1 is 1.47 bits per heavy atom. The van der Waals surface area contributed by atoms with Crippen LogP contribution in [0.1, 0.15) is 25.8 Å². The largest absolute Gasteiger partial charge is 0.373 e. The molecule has 0 aliphatic rings. The van der Waals surface area contributed by atoms with Crippen molar-refractivity contribution in [1.82, 2.24) is 4.98 Å². The molecule has 0 spiro atoms. The van der Waals surface area contributed by atoms with Gasteiger partial charge in [0.2, 0.25) is 0 Å². The normalized spacial score (nSPS) is 10.7. The number of anilines is 1. The first kappa shape index (κ1) is 12.3. The van der Waals surface area contributed by atoms with E-state index in [1.165, 1.54) is 6.42 Å². The van der Waals surface area contributed by atoms with Crippen molar-refractivity contribution < 1.29 is 0 Å². The van der Waals surface area contributed by atoms with E-state index in [-0.39, 0.29) is 0 Å². The zero-order valence-corrected chi connectivity index (χ0v) is 10.5. The van der Waals surface area contributed by atoms with Gasteiger partial charge in [-0.1, -0.05) is 13.8 Å². The Morgan fingerprint density at radius 2 is 2.20 bits per heavy atom. The Kier molecular flexibility index (Phi) is 4.89. The zero-order valence-electron chi connectivity index (χ0n) is 9.70. The SMILES string of the molecule is CC(C)CCN(C)c1cnccc1CCl. The highest BCUT2D eigenvalue weighted by Crippen LogP contribution is 2.20. The van der Waals surface area contributed by atoms with Gasteiger partial charge in [0.05, 0.1) is 11.9 Å². The van der Waals surface area contributed by atoms with Crippen LogP contribution in [0.25, 0.3) is 0 Å². The molecule has 15 heavy (non-hydrogen) atoms. The standard InChI is InChI=1S/C12H19ClN2/c1-10(2)5-7-15(3)12-9-14-6-4-11(12)8-13/h4,6,9-10H,5,7-8H2,1-3H3. The molecule has 1 aromatic heterocycles. The predicted molar refractivity (Wildman–Crippen MR) is 66.5 cm³/mol. The monoisotopic (exact) mass is 226 g/mol. The molecule has 0 amide bonds. The van der Waals surface area contributed by atoms with E-state index in [1.54, 1.807) is 6.20 Å². The van der Waals surface area contributed by atoms with Crippen LogP contribution < -0.4 is 4.90 Å². The third kappa shape index (κ3) is 3.71. The van der Waals surface area contributed by atoms with Gasteiger partial charge in [0, 0.05) is 25.7 Å². The summed E-state index contributed by atoms with van der Waals surface area (Å²) in [7, 11) is 2.09. The summed E-state index contributed by atoms with van der Waals surface area (Å²) >= 11 is 5.88. The first-order valence-corrected chi connectivity index (χ1v) is 5.88. The van der Waals surface area contributed by atoms with Crippen molar-refractivity contribution in [2.45, 2.75) is 26.1 Å². The van der Waals surface area contributed by atoms with Gasteiger partial charge in [0.1, 0.15) is 0 Å². The van der Waals surface area contributed by atoms with Crippen molar-refractivity contribution in [3.05, 3.63) is 24.0 Å². The number of hydrogen-bond acceptors (Lipinski definition) is 2. The molecular formula is C12H19ClN2. The second-order valence-electron chi connectivity index (χ2n) is 4.24. The third-order valence-corrected chi connectivity index (χ3v) is 2.77. The van der Waals surface area contributed by atoms with Gasteiger partial charge < -0.3 is 4.90 Å². The summed E-state index contributed by atoms with van der Waals surface area (Å²) in [6.07, 6.45) is 4.86. The summed E-state index contributed by atoms with van der Waals surface area (Å²) < 4.78 is 0. The smallest absolute Gasteiger partial charge is 0.0594 e. The summed E-state index contributed by atoms with van der Waals surface area (Å²) in [5, 5.41) is 0. The fourth-order valence-electron chi connectivity index (χ4n) is 1.44. The van der Waals surface area contributed by atoms with Crippen LogP contribution in [0.5, 0.6) is 0 Å². The molecule has 1 aromatic rings. The lowest BCUT2D eigenvalue weighted by Crippen LogP contribution is -2.21. The lowest BCUT2D eigenvalue weighted by atomic mass is 10.1. The Hall–Kier alpha value is -0.760. The number of hydrogen-bond donors (Lipinski definition) is 0. The summed E-state index contributed by atoms with van der Waals surface area (Å²) in [5.74, 6) is 1.27. The maximum Gasteiger partial charge on any atom is 0.0594 e. The Morgan fingerprint density at radius 3 is 2.80 bits per heavy atom. The van der Waals surface area contributed by atoms with Gasteiger partial charge in [-0.15, -0.1) is 11.6 Å². The van der Waals surface area contributed by atoms with Crippen LogP contribution in [0.3, 0.4) is 0 Å². The molecule has 2 nitrogen and oxygen atoms in total. The average Bonchev–Trinajstić information content (AvgIpc) is 2.25. The van der Waals surface area contributed by atoms with Gasteiger partial charge in [-0.25, -0.2) is 0 Å². The number of halogens is 1. The highest BCUT2D eigenvalue weighted by Gasteiger charge is 2.06. The summed E-state index contributed by atoms with van der Waals surface area (Å²) in [5.41, 5.74) is 2.30. The first-order valence-electron chi connectivity index (χ1n) is 5.35. The Labute approximate surface area is 97.3 Å². The van der Waals surface area contributed by atoms with Crippen molar-refractivity contribution >= 4 is 17.3 Å². The van der Waals surface area contributed by atoms with Gasteiger partial charge in [-0.2, -0.15) is 0 Å². The van der Waals surface area contributed by atoms with Gasteiger partial charge in [-0.05, 0) is 24.0 Å². The molecule has 0 bridgehead atoms. The minimum absolute atomic E-state index is 0.546. The van der Waals surface area contributed by atoms with Crippen LogP contribution in [0.2, 0.25) is 0 Å². The van der Waals surface area contributed by atoms with Crippen molar-refractivity contribution in [2.75, 3.05) is 18.5 Å². The molecule has 84 valence electrons. The highest BCUT2D eigenvalue weighted by atomic mass is 35.5. The lowest BCUT2D eigenvalue weighted by Gasteiger charge is -2.22. The minimum Gasteiger partial charge on any atom is -0.373 e. The summed E-state index contributed by atoms with van der Waals surface area (Å²) in [6, 6.07) is 1.98. The van der Waals surface area contributed by atoms with E-state index in [0.29, 0.717) is 5.88 Å². The maximum atomic E-state index is 5.88. The predicted octanol–water partition coefficient (Wildman–Crippen LogP) is 3.30. The van der Waals surface area contributed by atoms with Crippen LogP contribution in [0.15, 0.2) is 18.5 Å². The van der Waals surface area contributed by atoms with Gasteiger partial charge in [0.25, 0.3) is 0 Å². The quantitative estimate of drug-likeness (QED) is 0.717. The van der Waals surface area contributed by atoms with Crippen LogP contribution in [-0.4, -0.2) is 18.6 Å². The lowest BCUT2D eigenvalue weighted by molar-refractivity contribution is 0.584. The maximum absolute atomic E-state index is 5.88. The fourth-order valence-corrected chi connectivity index (χ4v) is 1.67. The molecule has 0 saturated carbocycles. The topological polar surface area (TPSA) is 16.1 Å². The second-order valence-corrected chi connectivity index (χ2v) is 4.51. The summed E-state index contributed by atoms with van der Waals surface area (Å²) in [4.78, 5) is 6.37. The Bertz CT molecular complexity index is 299. The van der Waals surface area contributed by atoms with E-state index in [1.807, 2.05) is 12.3 Å². The number of aromatic nitrogens is 1. The van der Waals surface area contributed by atoms with E-state index in [0.717, 1.165) is 23.7 Å². The molecule has 0 aliphatic carbocycles. The van der Waals surface area contributed by atoms with Crippen LogP contribution in [0, 0.1) is 5.92 Å². The second kappa shape index (κ2) is 5.96. The van der Waals surface area contributed by atoms with Crippen molar-refractivity contribution in [1.29, 1.82) is 0 Å². The van der Waals surface area contributed by atoms with E-state index in [9.17, 15) is 0 Å². The van der Waals surface area contributed by atoms with E-state index in [2.05, 4.69) is 30.8 Å². The molecule has 0 unspecified atom stereocenters. The van der Waals surface area contributed by atoms with Crippen molar-refractivity contribution in [2.24, 2.45) is 5.92 Å². The number of rotatable bonds is 5. The van der Waals surface area contributed by atoms with Gasteiger partial charge in [0.15, 0.2) is 0 Å². The van der Waals surface area contributed by atoms with E-state index in [4.69, 9.17) is 11.6 Å². The zero-order chi connectivity index (χ0) is 11.3. The van der Waals surface area contributed by atoms with Crippen molar-refractivity contribution in [3.8, 4) is 0 Å². The highest BCUT2D eigenvalue weighted by molar-refractivity contribution is 6.17. The molecular weight excluding hydrogens is 208 g/mol. The molecule has 0 aromatic carbocycles. The number of pyridine rings is 1. The third-order valence-electron chi connectivity index (χ3n) is 2.48. The average molecular weight is 227 g/mol. The van der Waals surface area contributed by atoms with E-state index < -0.39 is 0 Å². The number of nitrogens with zero attached hydrogens (tertiary/aromatic N) is 2. The van der Waals surface area contributed by atoms with Crippen LogP contribution >= 0.6 is 11.6 Å². The first-order chi connectivity index (χ1) is 7.15. The molecule has 1 heterocycles. The molecule has 0 aliphatic heterocycles.